The number of hydrogen-bond donors (Lipinski definition) is 3. The van der Waals surface area contributed by atoms with Crippen LogP contribution in [-0.4, -0.2) is 45.2 Å². The van der Waals surface area contributed by atoms with Gasteiger partial charge in [-0.2, -0.15) is 13.1 Å². The summed E-state index contributed by atoms with van der Waals surface area (Å²) < 4.78 is 30.6. The smallest absolute Gasteiger partial charge is 0.321 e. The van der Waals surface area contributed by atoms with Crippen molar-refractivity contribution in [2.45, 2.75) is 25.8 Å². The van der Waals surface area contributed by atoms with E-state index < -0.39 is 28.2 Å². The molecule has 0 aromatic heterocycles. The minimum Gasteiger partial charge on any atom is -0.480 e. The third-order valence-electron chi connectivity index (χ3n) is 1.81. The lowest BCUT2D eigenvalue weighted by Crippen LogP contribution is -2.45. The highest BCUT2D eigenvalue weighted by Crippen LogP contribution is 2.01. The molecule has 0 aliphatic heterocycles. The van der Waals surface area contributed by atoms with Crippen LogP contribution in [0.4, 0.5) is 0 Å². The van der Waals surface area contributed by atoms with Gasteiger partial charge in [-0.1, -0.05) is 0 Å². The number of rotatable bonds is 8. The molecule has 0 saturated heterocycles. The second-order valence-electron chi connectivity index (χ2n) is 3.06. The van der Waals surface area contributed by atoms with Crippen molar-refractivity contribution in [2.75, 3.05) is 13.7 Å². The van der Waals surface area contributed by atoms with Crippen LogP contribution in [0.5, 0.6) is 0 Å². The molecule has 0 heterocycles. The van der Waals surface area contributed by atoms with Gasteiger partial charge in [-0.3, -0.25) is 9.59 Å². The van der Waals surface area contributed by atoms with Gasteiger partial charge < -0.3 is 9.84 Å². The monoisotopic (exact) mass is 268 g/mol. The normalized spacial score (nSPS) is 13.1. The van der Waals surface area contributed by atoms with E-state index in [1.807, 2.05) is 9.44 Å². The molecule has 3 N–H and O–H groups in total. The molecule has 0 amide bonds. The molecule has 0 spiro atoms. The van der Waals surface area contributed by atoms with E-state index in [4.69, 9.17) is 5.11 Å². The van der Waals surface area contributed by atoms with Crippen LogP contribution in [0.1, 0.15) is 19.8 Å². The Morgan fingerprint density at radius 1 is 1.41 bits per heavy atom. The fourth-order valence-corrected chi connectivity index (χ4v) is 1.69. The number of esters is 1. The van der Waals surface area contributed by atoms with Crippen LogP contribution in [0.15, 0.2) is 0 Å². The average Bonchev–Trinajstić information content (AvgIpc) is 2.24. The topological polar surface area (TPSA) is 122 Å². The number of hydrogen-bond acceptors (Lipinski definition) is 5. The van der Waals surface area contributed by atoms with Gasteiger partial charge >= 0.3 is 11.9 Å². The highest BCUT2D eigenvalue weighted by Gasteiger charge is 2.23. The van der Waals surface area contributed by atoms with E-state index in [0.29, 0.717) is 0 Å². The van der Waals surface area contributed by atoms with Crippen molar-refractivity contribution in [3.63, 3.8) is 0 Å². The number of carboxylic acids is 1. The molecule has 9 heteroatoms. The lowest BCUT2D eigenvalue weighted by atomic mass is 10.2. The second-order valence-corrected chi connectivity index (χ2v) is 4.71. The van der Waals surface area contributed by atoms with Crippen molar-refractivity contribution in [1.82, 2.24) is 9.44 Å². The maximum Gasteiger partial charge on any atom is 0.321 e. The summed E-state index contributed by atoms with van der Waals surface area (Å²) in [5.41, 5.74) is 0. The summed E-state index contributed by atoms with van der Waals surface area (Å²) in [5, 5.41) is 8.77. The highest BCUT2D eigenvalue weighted by molar-refractivity contribution is 7.87. The summed E-state index contributed by atoms with van der Waals surface area (Å²) in [6.45, 7) is 1.81. The van der Waals surface area contributed by atoms with Gasteiger partial charge in [0, 0.05) is 13.5 Å². The zero-order valence-electron chi connectivity index (χ0n) is 9.60. The SMILES string of the molecule is CCOC(=O)CC[C@H](NS(=O)(=O)NC)C(=O)O. The van der Waals surface area contributed by atoms with Gasteiger partial charge in [0.05, 0.1) is 6.61 Å². The first-order valence-corrected chi connectivity index (χ1v) is 6.40. The minimum atomic E-state index is -3.86. The molecule has 100 valence electrons. The molecule has 0 bridgehead atoms. The quantitative estimate of drug-likeness (QED) is 0.477. The summed E-state index contributed by atoms with van der Waals surface area (Å²) in [4.78, 5) is 21.8. The molecule has 0 aromatic carbocycles. The van der Waals surface area contributed by atoms with Crippen LogP contribution in [0.3, 0.4) is 0 Å². The van der Waals surface area contributed by atoms with Gasteiger partial charge in [0.15, 0.2) is 0 Å². The molecule has 0 rings (SSSR count). The van der Waals surface area contributed by atoms with E-state index in [2.05, 4.69) is 4.74 Å². The maximum absolute atomic E-state index is 11.1. The van der Waals surface area contributed by atoms with Crippen molar-refractivity contribution in [3.05, 3.63) is 0 Å². The molecule has 0 saturated carbocycles. The summed E-state index contributed by atoms with van der Waals surface area (Å²) >= 11 is 0. The Kier molecular flexibility index (Phi) is 6.69. The Bertz CT molecular complexity index is 366. The molecule has 0 aliphatic carbocycles. The maximum atomic E-state index is 11.1. The first-order valence-electron chi connectivity index (χ1n) is 4.91. The lowest BCUT2D eigenvalue weighted by Gasteiger charge is -2.13. The molecule has 0 aromatic rings. The summed E-state index contributed by atoms with van der Waals surface area (Å²) in [6, 6.07) is -1.36. The van der Waals surface area contributed by atoms with Gasteiger partial charge in [0.1, 0.15) is 6.04 Å². The first-order chi connectivity index (χ1) is 7.82. The van der Waals surface area contributed by atoms with E-state index in [1.165, 1.54) is 0 Å². The van der Waals surface area contributed by atoms with Crippen molar-refractivity contribution in [1.29, 1.82) is 0 Å². The molecule has 1 atom stereocenters. The third-order valence-corrected chi connectivity index (χ3v) is 2.94. The molecule has 0 unspecified atom stereocenters. The van der Waals surface area contributed by atoms with Crippen molar-refractivity contribution >= 4 is 22.1 Å². The first kappa shape index (κ1) is 15.8. The van der Waals surface area contributed by atoms with Crippen LogP contribution >= 0.6 is 0 Å². The van der Waals surface area contributed by atoms with Gasteiger partial charge in [0.25, 0.3) is 10.2 Å². The standard InChI is InChI=1S/C8H16N2O6S/c1-3-16-7(11)5-4-6(8(12)13)10-17(14,15)9-2/h6,9-10H,3-5H2,1-2H3,(H,12,13)/t6-/m0/s1. The number of aliphatic carboxylic acids is 1. The Morgan fingerprint density at radius 2 is 2.00 bits per heavy atom. The minimum absolute atomic E-state index is 0.170. The summed E-state index contributed by atoms with van der Waals surface area (Å²) in [7, 11) is -2.71. The van der Waals surface area contributed by atoms with E-state index >= 15 is 0 Å². The molecule has 0 fully saturated rings. The predicted molar refractivity (Wildman–Crippen MR) is 58.4 cm³/mol. The summed E-state index contributed by atoms with van der Waals surface area (Å²) in [6.07, 6.45) is -0.341. The van der Waals surface area contributed by atoms with E-state index in [1.54, 1.807) is 6.92 Å². The predicted octanol–water partition coefficient (Wildman–Crippen LogP) is -1.16. The molecule has 17 heavy (non-hydrogen) atoms. The highest BCUT2D eigenvalue weighted by atomic mass is 32.2. The second kappa shape index (κ2) is 7.20. The lowest BCUT2D eigenvalue weighted by molar-refractivity contribution is -0.144. The van der Waals surface area contributed by atoms with Crippen molar-refractivity contribution in [2.24, 2.45) is 0 Å². The zero-order chi connectivity index (χ0) is 13.5. The van der Waals surface area contributed by atoms with Gasteiger partial charge in [-0.05, 0) is 13.3 Å². The van der Waals surface area contributed by atoms with Crippen molar-refractivity contribution in [3.8, 4) is 0 Å². The fraction of sp³-hybridized carbons (Fsp3) is 0.750. The van der Waals surface area contributed by atoms with Gasteiger partial charge in [0.2, 0.25) is 0 Å². The largest absolute Gasteiger partial charge is 0.480 e. The van der Waals surface area contributed by atoms with E-state index in [0.717, 1.165) is 7.05 Å². The average molecular weight is 268 g/mol. The number of nitrogens with one attached hydrogen (secondary N) is 2. The van der Waals surface area contributed by atoms with Crippen LogP contribution in [0.2, 0.25) is 0 Å². The van der Waals surface area contributed by atoms with Gasteiger partial charge in [-0.25, -0.2) is 4.72 Å². The Hall–Kier alpha value is -1.19. The number of carboxylic acid groups (broad SMARTS) is 1. The third kappa shape index (κ3) is 6.87. The molecule has 0 aliphatic rings. The zero-order valence-corrected chi connectivity index (χ0v) is 10.4. The molecule has 0 radical (unpaired) electrons. The van der Waals surface area contributed by atoms with E-state index in [9.17, 15) is 18.0 Å². The summed E-state index contributed by atoms with van der Waals surface area (Å²) in [5.74, 6) is -1.92. The Morgan fingerprint density at radius 3 is 2.41 bits per heavy atom. The fourth-order valence-electron chi connectivity index (χ4n) is 0.974. The number of carbonyl (C=O) groups is 2. The number of carbonyl (C=O) groups excluding carboxylic acids is 1. The van der Waals surface area contributed by atoms with Crippen LogP contribution in [0.25, 0.3) is 0 Å². The molecular formula is C8H16N2O6S. The van der Waals surface area contributed by atoms with Crippen LogP contribution in [0, 0.1) is 0 Å². The molecule has 8 nitrogen and oxygen atoms in total. The van der Waals surface area contributed by atoms with Crippen LogP contribution in [-0.2, 0) is 24.5 Å². The Labute approximate surface area is 99.5 Å². The van der Waals surface area contributed by atoms with Crippen molar-refractivity contribution < 1.29 is 27.9 Å². The van der Waals surface area contributed by atoms with Gasteiger partial charge in [-0.15, -0.1) is 0 Å². The molecular weight excluding hydrogens is 252 g/mol. The van der Waals surface area contributed by atoms with Crippen LogP contribution < -0.4 is 9.44 Å². The number of ether oxygens (including phenoxy) is 1. The van der Waals surface area contributed by atoms with E-state index in [-0.39, 0.29) is 19.4 Å². The Balaban J connectivity index is 4.37.